The molecule has 0 aromatic rings. The highest BCUT2D eigenvalue weighted by molar-refractivity contribution is 6.74. The Balaban J connectivity index is 4.81. The van der Waals surface area contributed by atoms with Crippen LogP contribution in [0.4, 0.5) is 4.79 Å². The van der Waals surface area contributed by atoms with Crippen molar-refractivity contribution in [3.63, 3.8) is 0 Å². The van der Waals surface area contributed by atoms with Crippen molar-refractivity contribution in [2.75, 3.05) is 6.54 Å². The van der Waals surface area contributed by atoms with Crippen LogP contribution in [-0.4, -0.2) is 43.7 Å². The molecule has 0 fully saturated rings. The highest BCUT2D eigenvalue weighted by atomic mass is 28.4. The number of carbonyl (C=O) groups excluding carboxylic acids is 1. The molecule has 0 bridgehead atoms. The second kappa shape index (κ2) is 7.66. The van der Waals surface area contributed by atoms with Crippen molar-refractivity contribution in [2.24, 2.45) is 5.92 Å². The topological polar surface area (TPSA) is 84.9 Å². The van der Waals surface area contributed by atoms with Gasteiger partial charge in [0.2, 0.25) is 0 Å². The Hall–Kier alpha value is -1.08. The molecular formula is C16H33NO5Si. The Morgan fingerprint density at radius 1 is 1.13 bits per heavy atom. The lowest BCUT2D eigenvalue weighted by Gasteiger charge is -2.39. The summed E-state index contributed by atoms with van der Waals surface area (Å²) in [5, 5.41) is 11.9. The summed E-state index contributed by atoms with van der Waals surface area (Å²) in [4.78, 5) is 23.2. The van der Waals surface area contributed by atoms with Gasteiger partial charge in [0.05, 0.1) is 12.0 Å². The van der Waals surface area contributed by atoms with E-state index in [0.717, 1.165) is 0 Å². The lowest BCUT2D eigenvalue weighted by Crippen LogP contribution is -2.48. The van der Waals surface area contributed by atoms with Gasteiger partial charge in [0.1, 0.15) is 5.60 Å². The van der Waals surface area contributed by atoms with Crippen molar-refractivity contribution in [1.82, 2.24) is 5.32 Å². The summed E-state index contributed by atoms with van der Waals surface area (Å²) in [6.07, 6.45) is -1.12. The number of alkyl carbamates (subject to hydrolysis) is 1. The minimum absolute atomic E-state index is 0.0110. The van der Waals surface area contributed by atoms with E-state index in [2.05, 4.69) is 39.2 Å². The average Bonchev–Trinajstić information content (AvgIpc) is 2.23. The quantitative estimate of drug-likeness (QED) is 0.717. The van der Waals surface area contributed by atoms with E-state index in [-0.39, 0.29) is 11.6 Å². The molecule has 0 heterocycles. The Kier molecular flexibility index (Phi) is 7.30. The summed E-state index contributed by atoms with van der Waals surface area (Å²) in [6, 6.07) is 0. The number of ether oxygens (including phenoxy) is 1. The average molecular weight is 348 g/mol. The van der Waals surface area contributed by atoms with Crippen LogP contribution in [0.5, 0.6) is 0 Å². The second-order valence-corrected chi connectivity index (χ2v) is 13.2. The van der Waals surface area contributed by atoms with E-state index < -0.39 is 38.0 Å². The van der Waals surface area contributed by atoms with E-state index in [1.807, 2.05) is 0 Å². The molecule has 7 heteroatoms. The smallest absolute Gasteiger partial charge is 0.407 e. The lowest BCUT2D eigenvalue weighted by molar-refractivity contribution is -0.144. The fraction of sp³-hybridized carbons (Fsp3) is 0.875. The first-order valence-electron chi connectivity index (χ1n) is 7.94. The van der Waals surface area contributed by atoms with Gasteiger partial charge in [0, 0.05) is 6.54 Å². The van der Waals surface area contributed by atoms with E-state index in [0.29, 0.717) is 0 Å². The SMILES string of the molecule is C[C@@H](O[Si](C)(C)C(C)(C)C)[C@H](CNC(=O)OC(C)(C)C)C(=O)O. The Morgan fingerprint density at radius 3 is 1.96 bits per heavy atom. The molecule has 0 saturated heterocycles. The van der Waals surface area contributed by atoms with Crippen molar-refractivity contribution in [3.8, 4) is 0 Å². The molecule has 136 valence electrons. The van der Waals surface area contributed by atoms with Gasteiger partial charge in [0.15, 0.2) is 8.32 Å². The molecule has 0 aromatic carbocycles. The number of hydrogen-bond donors (Lipinski definition) is 2. The standard InChI is InChI=1S/C16H33NO5Si/c1-11(22-23(8,9)16(5,6)7)12(13(18)19)10-17-14(20)21-15(2,3)4/h11-12H,10H2,1-9H3,(H,17,20)(H,18,19)/t11-,12+/m1/s1. The van der Waals surface area contributed by atoms with Gasteiger partial charge in [-0.05, 0) is 45.8 Å². The highest BCUT2D eigenvalue weighted by Gasteiger charge is 2.41. The lowest BCUT2D eigenvalue weighted by atomic mass is 10.0. The summed E-state index contributed by atoms with van der Waals surface area (Å²) < 4.78 is 11.3. The number of nitrogens with one attached hydrogen (secondary N) is 1. The first-order chi connectivity index (χ1) is 10.1. The van der Waals surface area contributed by atoms with Gasteiger partial charge in [0.25, 0.3) is 0 Å². The van der Waals surface area contributed by atoms with Crippen molar-refractivity contribution < 1.29 is 23.9 Å². The Bertz CT molecular complexity index is 423. The van der Waals surface area contributed by atoms with Crippen molar-refractivity contribution in [3.05, 3.63) is 0 Å². The van der Waals surface area contributed by atoms with E-state index in [1.165, 1.54) is 0 Å². The van der Waals surface area contributed by atoms with Gasteiger partial charge in [-0.25, -0.2) is 4.79 Å². The number of hydrogen-bond acceptors (Lipinski definition) is 4. The number of carbonyl (C=O) groups is 2. The molecule has 0 aliphatic carbocycles. The third kappa shape index (κ3) is 7.83. The van der Waals surface area contributed by atoms with Gasteiger partial charge in [-0.15, -0.1) is 0 Å². The normalized spacial score (nSPS) is 15.7. The third-order valence-electron chi connectivity index (χ3n) is 4.04. The van der Waals surface area contributed by atoms with Gasteiger partial charge >= 0.3 is 12.1 Å². The minimum atomic E-state index is -2.08. The van der Waals surface area contributed by atoms with Crippen LogP contribution >= 0.6 is 0 Å². The summed E-state index contributed by atoms with van der Waals surface area (Å²) in [5.74, 6) is -1.82. The molecule has 0 aliphatic heterocycles. The fourth-order valence-electron chi connectivity index (χ4n) is 1.69. The second-order valence-electron chi connectivity index (χ2n) is 8.41. The molecular weight excluding hydrogens is 314 g/mol. The maximum absolute atomic E-state index is 11.7. The van der Waals surface area contributed by atoms with Crippen LogP contribution in [0.1, 0.15) is 48.5 Å². The maximum atomic E-state index is 11.7. The number of amides is 1. The van der Waals surface area contributed by atoms with Gasteiger partial charge < -0.3 is 19.6 Å². The Labute approximate surface area is 141 Å². The minimum Gasteiger partial charge on any atom is -0.481 e. The van der Waals surface area contributed by atoms with Gasteiger partial charge in [-0.2, -0.15) is 0 Å². The molecule has 0 radical (unpaired) electrons. The van der Waals surface area contributed by atoms with E-state index in [1.54, 1.807) is 27.7 Å². The van der Waals surface area contributed by atoms with Crippen molar-refractivity contribution in [1.29, 1.82) is 0 Å². The number of carboxylic acid groups (broad SMARTS) is 1. The van der Waals surface area contributed by atoms with E-state index in [9.17, 15) is 14.7 Å². The largest absolute Gasteiger partial charge is 0.481 e. The molecule has 2 atom stereocenters. The van der Waals surface area contributed by atoms with Gasteiger partial charge in [-0.3, -0.25) is 4.79 Å². The first-order valence-corrected chi connectivity index (χ1v) is 10.8. The summed E-state index contributed by atoms with van der Waals surface area (Å²) >= 11 is 0. The van der Waals surface area contributed by atoms with Crippen LogP contribution in [0, 0.1) is 5.92 Å². The predicted molar refractivity (Wildman–Crippen MR) is 93.1 cm³/mol. The predicted octanol–water partition coefficient (Wildman–Crippen LogP) is 3.62. The number of rotatable bonds is 6. The molecule has 1 amide bonds. The molecule has 2 N–H and O–H groups in total. The maximum Gasteiger partial charge on any atom is 0.407 e. The number of aliphatic carboxylic acids is 1. The molecule has 0 saturated carbocycles. The van der Waals surface area contributed by atoms with Crippen molar-refractivity contribution in [2.45, 2.75) is 78.3 Å². The van der Waals surface area contributed by atoms with Gasteiger partial charge in [-0.1, -0.05) is 20.8 Å². The van der Waals surface area contributed by atoms with Crippen LogP contribution in [0.15, 0.2) is 0 Å². The zero-order valence-electron chi connectivity index (χ0n) is 15.9. The molecule has 0 unspecified atom stereocenters. The van der Waals surface area contributed by atoms with E-state index >= 15 is 0 Å². The van der Waals surface area contributed by atoms with Crippen LogP contribution < -0.4 is 5.32 Å². The first kappa shape index (κ1) is 21.9. The molecule has 0 aliphatic rings. The molecule has 6 nitrogen and oxygen atoms in total. The van der Waals surface area contributed by atoms with E-state index in [4.69, 9.17) is 9.16 Å². The fourth-order valence-corrected chi connectivity index (χ4v) is 3.13. The monoisotopic (exact) mass is 347 g/mol. The van der Waals surface area contributed by atoms with Crippen molar-refractivity contribution >= 4 is 20.4 Å². The van der Waals surface area contributed by atoms with Crippen LogP contribution in [-0.2, 0) is 14.0 Å². The molecule has 0 spiro atoms. The zero-order chi connectivity index (χ0) is 18.6. The molecule has 0 rings (SSSR count). The Morgan fingerprint density at radius 2 is 1.61 bits per heavy atom. The molecule has 0 aromatic heterocycles. The number of carboxylic acids is 1. The summed E-state index contributed by atoms with van der Waals surface area (Å²) in [7, 11) is -2.08. The van der Waals surface area contributed by atoms with Crippen LogP contribution in [0.2, 0.25) is 18.1 Å². The third-order valence-corrected chi connectivity index (χ3v) is 8.61. The zero-order valence-corrected chi connectivity index (χ0v) is 16.9. The van der Waals surface area contributed by atoms with Crippen LogP contribution in [0.3, 0.4) is 0 Å². The highest BCUT2D eigenvalue weighted by Crippen LogP contribution is 2.38. The summed E-state index contributed by atoms with van der Waals surface area (Å²) in [6.45, 7) is 17.4. The summed E-state index contributed by atoms with van der Waals surface area (Å²) in [5.41, 5.74) is -0.619. The van der Waals surface area contributed by atoms with Crippen LogP contribution in [0.25, 0.3) is 0 Å². The molecule has 23 heavy (non-hydrogen) atoms.